The van der Waals surface area contributed by atoms with Crippen LogP contribution in [0.1, 0.15) is 61.3 Å². The Labute approximate surface area is 212 Å². The predicted octanol–water partition coefficient (Wildman–Crippen LogP) is 4.63. The molecule has 0 N–H and O–H groups in total. The van der Waals surface area contributed by atoms with E-state index in [9.17, 15) is 14.9 Å². The molecule has 0 unspecified atom stereocenters. The van der Waals surface area contributed by atoms with Gasteiger partial charge in [-0.3, -0.25) is 9.59 Å². The van der Waals surface area contributed by atoms with Crippen molar-refractivity contribution >= 4 is 17.5 Å². The fraction of sp³-hybridized carbons (Fsp3) is 0.467. The molecule has 1 aromatic heterocycles. The maximum atomic E-state index is 12.9. The van der Waals surface area contributed by atoms with Crippen molar-refractivity contribution in [3.8, 4) is 17.2 Å². The molecule has 2 aromatic rings. The third-order valence-electron chi connectivity index (χ3n) is 8.05. The number of aromatic nitrogens is 1. The van der Waals surface area contributed by atoms with Gasteiger partial charge in [0.15, 0.2) is 5.78 Å². The number of carbonyl (C=O) groups is 2. The summed E-state index contributed by atoms with van der Waals surface area (Å²) in [5.41, 5.74) is 4.56. The number of nitriles is 1. The maximum Gasteiger partial charge on any atom is 0.226 e. The highest BCUT2D eigenvalue weighted by atomic mass is 16.2. The third-order valence-corrected chi connectivity index (χ3v) is 8.05. The lowest BCUT2D eigenvalue weighted by Gasteiger charge is -2.43. The molecule has 0 bridgehead atoms. The molecule has 0 spiro atoms. The van der Waals surface area contributed by atoms with Crippen LogP contribution < -0.4 is 4.90 Å². The summed E-state index contributed by atoms with van der Waals surface area (Å²) in [4.78, 5) is 34.4. The molecule has 1 aromatic carbocycles. The lowest BCUT2D eigenvalue weighted by molar-refractivity contribution is -0.135. The van der Waals surface area contributed by atoms with E-state index in [4.69, 9.17) is 4.98 Å². The van der Waals surface area contributed by atoms with E-state index in [0.29, 0.717) is 42.8 Å². The molecule has 2 heterocycles. The van der Waals surface area contributed by atoms with Gasteiger partial charge in [-0.15, -0.1) is 0 Å². The summed E-state index contributed by atoms with van der Waals surface area (Å²) in [7, 11) is 0. The van der Waals surface area contributed by atoms with Gasteiger partial charge in [-0.2, -0.15) is 5.26 Å². The monoisotopic (exact) mass is 480 g/mol. The molecule has 0 radical (unpaired) electrons. The molecule has 184 valence electrons. The number of benzene rings is 1. The van der Waals surface area contributed by atoms with Crippen LogP contribution in [0.5, 0.6) is 0 Å². The first kappa shape index (κ1) is 23.0. The number of hydrogen-bond acceptors (Lipinski definition) is 5. The SMILES string of the molecule is C=CC(=O)Cc1cccc(-c2cc(C#N)c(N3CCN(C(=O)C4CC4)[C@H](C4CC4)C3)nc2C2CC2)c1. The lowest BCUT2D eigenvalue weighted by atomic mass is 9.96. The minimum Gasteiger partial charge on any atom is -0.352 e. The summed E-state index contributed by atoms with van der Waals surface area (Å²) >= 11 is 0. The van der Waals surface area contributed by atoms with E-state index in [0.717, 1.165) is 60.4 Å². The van der Waals surface area contributed by atoms with E-state index in [1.165, 1.54) is 18.9 Å². The smallest absolute Gasteiger partial charge is 0.226 e. The average molecular weight is 481 g/mol. The van der Waals surface area contributed by atoms with E-state index in [1.807, 2.05) is 30.3 Å². The molecule has 1 aliphatic heterocycles. The largest absolute Gasteiger partial charge is 0.352 e. The first-order chi connectivity index (χ1) is 17.6. The van der Waals surface area contributed by atoms with Crippen molar-refractivity contribution in [3.05, 3.63) is 59.8 Å². The molecule has 4 aliphatic rings. The number of ketones is 1. The van der Waals surface area contributed by atoms with E-state index >= 15 is 0 Å². The highest BCUT2D eigenvalue weighted by Gasteiger charge is 2.45. The number of hydrogen-bond donors (Lipinski definition) is 0. The number of pyridine rings is 1. The molecule has 3 saturated carbocycles. The summed E-state index contributed by atoms with van der Waals surface area (Å²) in [6.45, 7) is 5.77. The third kappa shape index (κ3) is 4.55. The van der Waals surface area contributed by atoms with E-state index in [2.05, 4.69) is 22.4 Å². The van der Waals surface area contributed by atoms with Crippen LogP contribution in [-0.2, 0) is 16.0 Å². The Hall–Kier alpha value is -3.46. The van der Waals surface area contributed by atoms with Crippen LogP contribution >= 0.6 is 0 Å². The Morgan fingerprint density at radius 2 is 1.92 bits per heavy atom. The number of allylic oxidation sites excluding steroid dienone is 1. The highest BCUT2D eigenvalue weighted by Crippen LogP contribution is 2.46. The Morgan fingerprint density at radius 3 is 2.58 bits per heavy atom. The summed E-state index contributed by atoms with van der Waals surface area (Å²) in [5, 5.41) is 10.1. The first-order valence-electron chi connectivity index (χ1n) is 13.3. The highest BCUT2D eigenvalue weighted by molar-refractivity contribution is 5.91. The van der Waals surface area contributed by atoms with E-state index < -0.39 is 0 Å². The second-order valence-corrected chi connectivity index (χ2v) is 10.9. The van der Waals surface area contributed by atoms with Crippen LogP contribution in [0.25, 0.3) is 11.1 Å². The van der Waals surface area contributed by atoms with Crippen molar-refractivity contribution in [2.75, 3.05) is 24.5 Å². The topological polar surface area (TPSA) is 77.3 Å². The molecule has 36 heavy (non-hydrogen) atoms. The Morgan fingerprint density at radius 1 is 1.11 bits per heavy atom. The fourth-order valence-electron chi connectivity index (χ4n) is 5.59. The Kier molecular flexibility index (Phi) is 5.87. The van der Waals surface area contributed by atoms with Gasteiger partial charge in [0.1, 0.15) is 11.9 Å². The molecule has 1 saturated heterocycles. The van der Waals surface area contributed by atoms with Gasteiger partial charge in [0, 0.05) is 43.5 Å². The van der Waals surface area contributed by atoms with Gasteiger partial charge in [0.25, 0.3) is 0 Å². The minimum atomic E-state index is -0.00900. The Bertz CT molecular complexity index is 1270. The van der Waals surface area contributed by atoms with Crippen LogP contribution in [0.4, 0.5) is 5.82 Å². The van der Waals surface area contributed by atoms with Gasteiger partial charge in [-0.1, -0.05) is 30.8 Å². The van der Waals surface area contributed by atoms with Gasteiger partial charge in [-0.05, 0) is 67.7 Å². The first-order valence-corrected chi connectivity index (χ1v) is 13.3. The molecule has 4 fully saturated rings. The van der Waals surface area contributed by atoms with Crippen LogP contribution in [0.2, 0.25) is 0 Å². The maximum absolute atomic E-state index is 12.9. The zero-order valence-corrected chi connectivity index (χ0v) is 20.7. The second-order valence-electron chi connectivity index (χ2n) is 10.9. The number of piperazine rings is 1. The summed E-state index contributed by atoms with van der Waals surface area (Å²) in [6, 6.07) is 12.6. The Balaban J connectivity index is 1.33. The zero-order chi connectivity index (χ0) is 24.8. The number of carbonyl (C=O) groups excluding carboxylic acids is 2. The molecular weight excluding hydrogens is 448 g/mol. The van der Waals surface area contributed by atoms with Crippen LogP contribution in [0.15, 0.2) is 43.0 Å². The lowest BCUT2D eigenvalue weighted by Crippen LogP contribution is -2.57. The van der Waals surface area contributed by atoms with Crippen LogP contribution in [0, 0.1) is 23.2 Å². The van der Waals surface area contributed by atoms with Crippen LogP contribution in [-0.4, -0.2) is 47.3 Å². The van der Waals surface area contributed by atoms with Gasteiger partial charge in [0.05, 0.1) is 17.3 Å². The zero-order valence-electron chi connectivity index (χ0n) is 20.7. The summed E-state index contributed by atoms with van der Waals surface area (Å²) in [6.07, 6.45) is 8.32. The average Bonchev–Trinajstić information content (AvgIpc) is 3.75. The van der Waals surface area contributed by atoms with Gasteiger partial charge < -0.3 is 9.80 Å². The molecule has 3 aliphatic carbocycles. The van der Waals surface area contributed by atoms with Crippen molar-refractivity contribution < 1.29 is 9.59 Å². The molecule has 1 amide bonds. The van der Waals surface area contributed by atoms with Gasteiger partial charge >= 0.3 is 0 Å². The number of amides is 1. The van der Waals surface area contributed by atoms with Crippen LogP contribution in [0.3, 0.4) is 0 Å². The quantitative estimate of drug-likeness (QED) is 0.515. The van der Waals surface area contributed by atoms with E-state index in [-0.39, 0.29) is 17.7 Å². The number of nitrogens with zero attached hydrogens (tertiary/aromatic N) is 4. The molecule has 6 rings (SSSR count). The van der Waals surface area contributed by atoms with Crippen molar-refractivity contribution in [1.29, 1.82) is 5.26 Å². The molecule has 6 heteroatoms. The fourth-order valence-corrected chi connectivity index (χ4v) is 5.59. The number of rotatable bonds is 8. The van der Waals surface area contributed by atoms with Crippen molar-refractivity contribution in [2.24, 2.45) is 11.8 Å². The van der Waals surface area contributed by atoms with Crippen molar-refractivity contribution in [3.63, 3.8) is 0 Å². The van der Waals surface area contributed by atoms with Crippen molar-refractivity contribution in [1.82, 2.24) is 9.88 Å². The summed E-state index contributed by atoms with van der Waals surface area (Å²) < 4.78 is 0. The normalized spacial score (nSPS) is 21.7. The van der Waals surface area contributed by atoms with Gasteiger partial charge in [0.2, 0.25) is 5.91 Å². The number of anilines is 1. The standard InChI is InChI=1S/C30H32N4O2/c1-2-25(35)15-19-4-3-5-23(14-19)26-16-24(17-31)29(32-28(26)21-8-9-21)33-12-13-34(30(36)22-10-11-22)27(18-33)20-6-7-20/h2-5,14,16,20-22,27H,1,6-13,15,18H2/t27-/m0/s1. The van der Waals surface area contributed by atoms with E-state index in [1.54, 1.807) is 0 Å². The van der Waals surface area contributed by atoms with Gasteiger partial charge in [-0.25, -0.2) is 4.98 Å². The second kappa shape index (κ2) is 9.20. The van der Waals surface area contributed by atoms with Crippen molar-refractivity contribution in [2.45, 2.75) is 56.9 Å². The molecule has 6 nitrogen and oxygen atoms in total. The molecular formula is C30H32N4O2. The predicted molar refractivity (Wildman–Crippen MR) is 138 cm³/mol. The summed E-state index contributed by atoms with van der Waals surface area (Å²) in [5.74, 6) is 2.31. The molecule has 1 atom stereocenters. The minimum absolute atomic E-state index is 0.00900.